The van der Waals surface area contributed by atoms with E-state index in [1.54, 1.807) is 25.1 Å². The lowest BCUT2D eigenvalue weighted by atomic mass is 9.99. The van der Waals surface area contributed by atoms with Gasteiger partial charge in [-0.1, -0.05) is 54.6 Å². The summed E-state index contributed by atoms with van der Waals surface area (Å²) < 4.78 is 6.04. The van der Waals surface area contributed by atoms with E-state index in [0.717, 1.165) is 36.5 Å². The van der Waals surface area contributed by atoms with Crippen molar-refractivity contribution in [3.8, 4) is 5.75 Å². The van der Waals surface area contributed by atoms with Gasteiger partial charge in [0, 0.05) is 37.2 Å². The Bertz CT molecular complexity index is 1400. The monoisotopic (exact) mass is 525 g/mol. The molecule has 8 heteroatoms. The SMILES string of the molecule is Cc1c(OCc2ccc(CN3CCc4ccccc4C3)cc2)cccc1C(=O)N(C=O)C1CCC(=O)NC1=O. The van der Waals surface area contributed by atoms with Gasteiger partial charge in [0.15, 0.2) is 0 Å². The third kappa shape index (κ3) is 5.91. The lowest BCUT2D eigenvalue weighted by Crippen LogP contribution is -2.53. The second-order valence-corrected chi connectivity index (χ2v) is 10.0. The van der Waals surface area contributed by atoms with Crippen molar-refractivity contribution in [1.29, 1.82) is 0 Å². The first-order valence-electron chi connectivity index (χ1n) is 13.1. The molecule has 8 nitrogen and oxygen atoms in total. The van der Waals surface area contributed by atoms with Crippen molar-refractivity contribution in [2.75, 3.05) is 6.54 Å². The van der Waals surface area contributed by atoms with Gasteiger partial charge in [-0.25, -0.2) is 0 Å². The number of carbonyl (C=O) groups is 4. The third-order valence-electron chi connectivity index (χ3n) is 7.44. The highest BCUT2D eigenvalue weighted by molar-refractivity contribution is 6.07. The average Bonchev–Trinajstić information content (AvgIpc) is 2.94. The van der Waals surface area contributed by atoms with E-state index in [4.69, 9.17) is 4.74 Å². The van der Waals surface area contributed by atoms with E-state index in [2.05, 4.69) is 58.7 Å². The average molecular weight is 526 g/mol. The molecule has 200 valence electrons. The zero-order chi connectivity index (χ0) is 27.4. The summed E-state index contributed by atoms with van der Waals surface area (Å²) in [6.07, 6.45) is 1.59. The molecular weight excluding hydrogens is 494 g/mol. The highest BCUT2D eigenvalue weighted by Crippen LogP contribution is 2.25. The van der Waals surface area contributed by atoms with Gasteiger partial charge < -0.3 is 4.74 Å². The zero-order valence-electron chi connectivity index (χ0n) is 21.9. The number of piperidine rings is 1. The van der Waals surface area contributed by atoms with E-state index in [9.17, 15) is 19.2 Å². The van der Waals surface area contributed by atoms with Crippen LogP contribution in [0.2, 0.25) is 0 Å². The van der Waals surface area contributed by atoms with Crippen molar-refractivity contribution >= 4 is 24.1 Å². The van der Waals surface area contributed by atoms with Crippen LogP contribution < -0.4 is 10.1 Å². The maximum Gasteiger partial charge on any atom is 0.261 e. The van der Waals surface area contributed by atoms with Crippen molar-refractivity contribution < 1.29 is 23.9 Å². The number of fused-ring (bicyclic) bond motifs is 1. The smallest absolute Gasteiger partial charge is 0.261 e. The molecule has 0 radical (unpaired) electrons. The number of amides is 4. The number of hydrogen-bond acceptors (Lipinski definition) is 6. The first kappa shape index (κ1) is 26.3. The number of nitrogens with one attached hydrogen (secondary N) is 1. The molecule has 39 heavy (non-hydrogen) atoms. The standard InChI is InChI=1S/C31H31N3O5/c1-21-26(31(38)34(20-35)27-13-14-29(36)32-30(27)37)7-4-8-28(21)39-19-23-11-9-22(10-12-23)17-33-16-15-24-5-2-3-6-25(24)18-33/h2-12,20,27H,13-19H2,1H3,(H,32,36,37). The van der Waals surface area contributed by atoms with Crippen molar-refractivity contribution in [2.45, 2.75) is 51.9 Å². The number of ether oxygens (including phenoxy) is 1. The molecule has 5 rings (SSSR count). The van der Waals surface area contributed by atoms with Crippen LogP contribution >= 0.6 is 0 Å². The summed E-state index contributed by atoms with van der Waals surface area (Å²) in [6.45, 7) is 4.96. The van der Waals surface area contributed by atoms with Gasteiger partial charge in [-0.15, -0.1) is 0 Å². The Hall–Kier alpha value is -4.30. The predicted octanol–water partition coefficient (Wildman–Crippen LogP) is 3.54. The third-order valence-corrected chi connectivity index (χ3v) is 7.44. The lowest BCUT2D eigenvalue weighted by Gasteiger charge is -2.29. The van der Waals surface area contributed by atoms with Crippen LogP contribution in [0.4, 0.5) is 0 Å². The minimum absolute atomic E-state index is 0.0704. The molecule has 0 bridgehead atoms. The summed E-state index contributed by atoms with van der Waals surface area (Å²) >= 11 is 0. The van der Waals surface area contributed by atoms with E-state index in [0.29, 0.717) is 24.3 Å². The molecule has 0 saturated carbocycles. The van der Waals surface area contributed by atoms with Crippen molar-refractivity contribution in [3.63, 3.8) is 0 Å². The molecule has 1 unspecified atom stereocenters. The maximum absolute atomic E-state index is 13.2. The van der Waals surface area contributed by atoms with Gasteiger partial charge in [0.05, 0.1) is 0 Å². The summed E-state index contributed by atoms with van der Waals surface area (Å²) in [5.41, 5.74) is 5.92. The van der Waals surface area contributed by atoms with Crippen LogP contribution in [-0.2, 0) is 40.5 Å². The van der Waals surface area contributed by atoms with E-state index < -0.39 is 23.8 Å². The summed E-state index contributed by atoms with van der Waals surface area (Å²) in [5, 5.41) is 2.19. The molecule has 1 fully saturated rings. The number of benzene rings is 3. The van der Waals surface area contributed by atoms with Crippen LogP contribution in [0.1, 0.15) is 51.0 Å². The van der Waals surface area contributed by atoms with Gasteiger partial charge in [-0.05, 0) is 54.2 Å². The van der Waals surface area contributed by atoms with Crippen LogP contribution in [0.5, 0.6) is 5.75 Å². The first-order valence-corrected chi connectivity index (χ1v) is 13.1. The summed E-state index contributed by atoms with van der Waals surface area (Å²) in [7, 11) is 0. The molecular formula is C31H31N3O5. The molecule has 2 aliphatic rings. The number of carbonyl (C=O) groups excluding carboxylic acids is 4. The van der Waals surface area contributed by atoms with Gasteiger partial charge in [0.1, 0.15) is 18.4 Å². The first-order chi connectivity index (χ1) is 18.9. The van der Waals surface area contributed by atoms with Crippen molar-refractivity contribution in [3.05, 3.63) is 100 Å². The van der Waals surface area contributed by atoms with Crippen LogP contribution in [0.25, 0.3) is 0 Å². The van der Waals surface area contributed by atoms with Crippen LogP contribution in [0.3, 0.4) is 0 Å². The molecule has 1 N–H and O–H groups in total. The van der Waals surface area contributed by atoms with E-state index in [1.165, 1.54) is 16.7 Å². The van der Waals surface area contributed by atoms with E-state index >= 15 is 0 Å². The minimum atomic E-state index is -1.02. The Morgan fingerprint density at radius 1 is 1.00 bits per heavy atom. The number of imide groups is 2. The molecule has 2 heterocycles. The summed E-state index contributed by atoms with van der Waals surface area (Å²) in [6, 6.07) is 21.0. The Kier molecular flexibility index (Phi) is 7.84. The molecule has 0 aliphatic carbocycles. The molecule has 3 aromatic carbocycles. The van der Waals surface area contributed by atoms with Crippen molar-refractivity contribution in [1.82, 2.24) is 15.1 Å². The molecule has 2 aliphatic heterocycles. The fraction of sp³-hybridized carbons (Fsp3) is 0.290. The summed E-state index contributed by atoms with van der Waals surface area (Å²) in [4.78, 5) is 52.0. The van der Waals surface area contributed by atoms with Crippen LogP contribution in [-0.4, -0.2) is 46.5 Å². The number of rotatable bonds is 8. The number of nitrogens with zero attached hydrogens (tertiary/aromatic N) is 2. The zero-order valence-corrected chi connectivity index (χ0v) is 21.9. The molecule has 0 aromatic heterocycles. The molecule has 0 spiro atoms. The van der Waals surface area contributed by atoms with Crippen LogP contribution in [0, 0.1) is 6.92 Å². The molecule has 1 atom stereocenters. The van der Waals surface area contributed by atoms with Gasteiger partial charge in [-0.2, -0.15) is 0 Å². The normalized spacial score (nSPS) is 17.2. The molecule has 4 amide bonds. The highest BCUT2D eigenvalue weighted by Gasteiger charge is 2.35. The largest absolute Gasteiger partial charge is 0.489 e. The Morgan fingerprint density at radius 2 is 1.74 bits per heavy atom. The van der Waals surface area contributed by atoms with Gasteiger partial charge in [0.2, 0.25) is 18.2 Å². The maximum atomic E-state index is 13.2. The Morgan fingerprint density at radius 3 is 2.49 bits per heavy atom. The Labute approximate surface area is 227 Å². The van der Waals surface area contributed by atoms with Crippen molar-refractivity contribution in [2.24, 2.45) is 0 Å². The predicted molar refractivity (Wildman–Crippen MR) is 145 cm³/mol. The van der Waals surface area contributed by atoms with Crippen LogP contribution in [0.15, 0.2) is 66.7 Å². The molecule has 3 aromatic rings. The fourth-order valence-corrected chi connectivity index (χ4v) is 5.20. The number of hydrogen-bond donors (Lipinski definition) is 1. The quantitative estimate of drug-likeness (QED) is 0.357. The summed E-state index contributed by atoms with van der Waals surface area (Å²) in [5.74, 6) is -1.14. The topological polar surface area (TPSA) is 96.0 Å². The van der Waals surface area contributed by atoms with Gasteiger partial charge in [-0.3, -0.25) is 34.3 Å². The Balaban J connectivity index is 1.20. The second kappa shape index (κ2) is 11.6. The minimum Gasteiger partial charge on any atom is -0.489 e. The van der Waals surface area contributed by atoms with Gasteiger partial charge >= 0.3 is 0 Å². The lowest BCUT2D eigenvalue weighted by molar-refractivity contribution is -0.139. The second-order valence-electron chi connectivity index (χ2n) is 10.0. The molecule has 1 saturated heterocycles. The van der Waals surface area contributed by atoms with E-state index in [1.807, 2.05) is 0 Å². The van der Waals surface area contributed by atoms with Gasteiger partial charge in [0.25, 0.3) is 5.91 Å². The fourth-order valence-electron chi connectivity index (χ4n) is 5.20. The highest BCUT2D eigenvalue weighted by atomic mass is 16.5. The van der Waals surface area contributed by atoms with E-state index in [-0.39, 0.29) is 18.4 Å².